The summed E-state index contributed by atoms with van der Waals surface area (Å²) < 4.78 is 78.3. The number of benzene rings is 1. The number of carbonyl (C=O) groups excluding carboxylic acids is 2. The van der Waals surface area contributed by atoms with Crippen molar-refractivity contribution in [1.82, 2.24) is 14.7 Å². The molecule has 2 aliphatic heterocycles. The predicted molar refractivity (Wildman–Crippen MR) is 98.7 cm³/mol. The van der Waals surface area contributed by atoms with E-state index in [9.17, 15) is 35.9 Å². The third-order valence-corrected chi connectivity index (χ3v) is 5.72. The number of hydrogen-bond acceptors (Lipinski definition) is 3. The summed E-state index contributed by atoms with van der Waals surface area (Å²) in [7, 11) is 0. The zero-order chi connectivity index (χ0) is 23.0. The second kappa shape index (κ2) is 8.68. The molecule has 2 aliphatic rings. The molecule has 0 spiro atoms. The summed E-state index contributed by atoms with van der Waals surface area (Å²) in [5.74, 6) is -1.31. The van der Waals surface area contributed by atoms with Crippen LogP contribution in [-0.4, -0.2) is 65.8 Å². The first-order valence-corrected chi connectivity index (χ1v) is 9.95. The van der Waals surface area contributed by atoms with E-state index in [1.807, 2.05) is 6.92 Å². The molecule has 5 nitrogen and oxygen atoms in total. The summed E-state index contributed by atoms with van der Waals surface area (Å²) in [5, 5.41) is 0. The minimum atomic E-state index is -4.95. The molecule has 0 aliphatic carbocycles. The minimum Gasteiger partial charge on any atom is -0.340 e. The number of rotatable bonds is 4. The Morgan fingerprint density at radius 1 is 0.968 bits per heavy atom. The zero-order valence-electron chi connectivity index (χ0n) is 16.9. The molecule has 0 radical (unpaired) electrons. The maximum Gasteiger partial charge on any atom is 0.416 e. The number of piperazine rings is 1. The van der Waals surface area contributed by atoms with Crippen molar-refractivity contribution in [2.24, 2.45) is 5.92 Å². The lowest BCUT2D eigenvalue weighted by molar-refractivity contribution is -0.143. The number of halogens is 6. The summed E-state index contributed by atoms with van der Waals surface area (Å²) in [6.07, 6.45) is -10.0. The standard InChI is InChI=1S/C20H23F6N3O2/c1-2-27-3-5-28(6-4-27)18(31)14-9-17(30)29(12-14)11-13-7-15(19(21,22)23)10-16(8-13)20(24,25)26/h7-8,10,14H,2-6,9,11-12H2,1H3/t14-/m0/s1. The van der Waals surface area contributed by atoms with Crippen molar-refractivity contribution in [2.75, 3.05) is 39.3 Å². The molecule has 2 heterocycles. The fourth-order valence-electron chi connectivity index (χ4n) is 3.96. The Bertz CT molecular complexity index is 799. The van der Waals surface area contributed by atoms with Crippen molar-refractivity contribution in [2.45, 2.75) is 32.2 Å². The van der Waals surface area contributed by atoms with Gasteiger partial charge in [0.15, 0.2) is 0 Å². The summed E-state index contributed by atoms with van der Waals surface area (Å²) >= 11 is 0. The first-order chi connectivity index (χ1) is 14.4. The fourth-order valence-corrected chi connectivity index (χ4v) is 3.96. The normalized spacial score (nSPS) is 21.1. The van der Waals surface area contributed by atoms with Gasteiger partial charge in [0.1, 0.15) is 0 Å². The third-order valence-electron chi connectivity index (χ3n) is 5.72. The highest BCUT2D eigenvalue weighted by Crippen LogP contribution is 2.37. The lowest BCUT2D eigenvalue weighted by Crippen LogP contribution is -2.50. The van der Waals surface area contributed by atoms with Crippen molar-refractivity contribution >= 4 is 11.8 Å². The van der Waals surface area contributed by atoms with Gasteiger partial charge in [-0.25, -0.2) is 0 Å². The number of carbonyl (C=O) groups is 2. The molecule has 11 heteroatoms. The van der Waals surface area contributed by atoms with Crippen LogP contribution >= 0.6 is 0 Å². The van der Waals surface area contributed by atoms with Crippen LogP contribution in [0.5, 0.6) is 0 Å². The van der Waals surface area contributed by atoms with Crippen LogP contribution < -0.4 is 0 Å². The number of hydrogen-bond donors (Lipinski definition) is 0. The average Bonchev–Trinajstić information content (AvgIpc) is 3.06. The molecule has 0 N–H and O–H groups in total. The molecule has 31 heavy (non-hydrogen) atoms. The van der Waals surface area contributed by atoms with Gasteiger partial charge in [0.25, 0.3) is 0 Å². The maximum absolute atomic E-state index is 13.1. The molecular formula is C20H23F6N3O2. The van der Waals surface area contributed by atoms with Crippen LogP contribution in [0.25, 0.3) is 0 Å². The Hall–Kier alpha value is -2.30. The predicted octanol–water partition coefficient (Wildman–Crippen LogP) is 3.24. The fraction of sp³-hybridized carbons (Fsp3) is 0.600. The lowest BCUT2D eigenvalue weighted by atomic mass is 10.0. The number of nitrogens with zero attached hydrogens (tertiary/aromatic N) is 3. The molecule has 172 valence electrons. The van der Waals surface area contributed by atoms with E-state index in [1.54, 1.807) is 4.90 Å². The van der Waals surface area contributed by atoms with E-state index < -0.39 is 41.8 Å². The Balaban J connectivity index is 1.72. The lowest BCUT2D eigenvalue weighted by Gasteiger charge is -2.35. The van der Waals surface area contributed by atoms with E-state index >= 15 is 0 Å². The van der Waals surface area contributed by atoms with Gasteiger partial charge < -0.3 is 14.7 Å². The molecule has 0 saturated carbocycles. The summed E-state index contributed by atoms with van der Waals surface area (Å²) in [4.78, 5) is 30.1. The molecule has 0 aromatic heterocycles. The van der Waals surface area contributed by atoms with Crippen LogP contribution in [0.1, 0.15) is 30.0 Å². The van der Waals surface area contributed by atoms with Crippen LogP contribution in [0.2, 0.25) is 0 Å². The summed E-state index contributed by atoms with van der Waals surface area (Å²) in [5.41, 5.74) is -3.13. The van der Waals surface area contributed by atoms with Crippen LogP contribution in [0, 0.1) is 5.92 Å². The van der Waals surface area contributed by atoms with Gasteiger partial charge in [0, 0.05) is 45.7 Å². The molecule has 2 saturated heterocycles. The first kappa shape index (κ1) is 23.4. The molecule has 0 bridgehead atoms. The van der Waals surface area contributed by atoms with Gasteiger partial charge in [0.05, 0.1) is 17.0 Å². The van der Waals surface area contributed by atoms with Crippen LogP contribution in [0.4, 0.5) is 26.3 Å². The average molecular weight is 451 g/mol. The summed E-state index contributed by atoms with van der Waals surface area (Å²) in [6, 6.07) is 1.28. The smallest absolute Gasteiger partial charge is 0.340 e. The molecule has 2 amide bonds. The van der Waals surface area contributed by atoms with E-state index in [0.29, 0.717) is 25.2 Å². The van der Waals surface area contributed by atoms with Gasteiger partial charge in [-0.15, -0.1) is 0 Å². The number of likely N-dealkylation sites (N-methyl/N-ethyl adjacent to an activating group) is 1. The molecule has 3 rings (SSSR count). The van der Waals surface area contributed by atoms with Crippen LogP contribution in [0.3, 0.4) is 0 Å². The van der Waals surface area contributed by atoms with E-state index in [2.05, 4.69) is 4.90 Å². The summed E-state index contributed by atoms with van der Waals surface area (Å²) in [6.45, 7) is 4.94. The minimum absolute atomic E-state index is 0.0245. The monoisotopic (exact) mass is 451 g/mol. The van der Waals surface area contributed by atoms with E-state index in [1.165, 1.54) is 0 Å². The van der Waals surface area contributed by atoms with Crippen molar-refractivity contribution in [1.29, 1.82) is 0 Å². The highest BCUT2D eigenvalue weighted by atomic mass is 19.4. The van der Waals surface area contributed by atoms with Crippen molar-refractivity contribution in [3.63, 3.8) is 0 Å². The second-order valence-electron chi connectivity index (χ2n) is 7.85. The Labute approximate surface area is 175 Å². The Morgan fingerprint density at radius 2 is 1.52 bits per heavy atom. The second-order valence-corrected chi connectivity index (χ2v) is 7.85. The Kier molecular flexibility index (Phi) is 6.54. The topological polar surface area (TPSA) is 43.9 Å². The van der Waals surface area contributed by atoms with Gasteiger partial charge in [-0.3, -0.25) is 9.59 Å². The van der Waals surface area contributed by atoms with Gasteiger partial charge in [-0.2, -0.15) is 26.3 Å². The zero-order valence-corrected chi connectivity index (χ0v) is 16.9. The molecule has 1 atom stereocenters. The van der Waals surface area contributed by atoms with E-state index in [4.69, 9.17) is 0 Å². The molecule has 0 unspecified atom stereocenters. The highest BCUT2D eigenvalue weighted by molar-refractivity contribution is 5.89. The van der Waals surface area contributed by atoms with Gasteiger partial charge in [-0.05, 0) is 30.3 Å². The SMILES string of the molecule is CCN1CCN(C(=O)[C@H]2CC(=O)N(Cc3cc(C(F)(F)F)cc(C(F)(F)F)c3)C2)CC1. The molecule has 2 fully saturated rings. The first-order valence-electron chi connectivity index (χ1n) is 9.95. The van der Waals surface area contributed by atoms with Crippen LogP contribution in [0.15, 0.2) is 18.2 Å². The maximum atomic E-state index is 13.1. The van der Waals surface area contributed by atoms with E-state index in [0.717, 1.165) is 24.5 Å². The quantitative estimate of drug-likeness (QED) is 0.661. The molecular weight excluding hydrogens is 428 g/mol. The van der Waals surface area contributed by atoms with Crippen molar-refractivity contribution in [3.05, 3.63) is 34.9 Å². The molecule has 1 aromatic carbocycles. The molecule has 1 aromatic rings. The van der Waals surface area contributed by atoms with Crippen LogP contribution in [-0.2, 0) is 28.5 Å². The number of alkyl halides is 6. The highest BCUT2D eigenvalue weighted by Gasteiger charge is 2.39. The van der Waals surface area contributed by atoms with Crippen molar-refractivity contribution in [3.8, 4) is 0 Å². The van der Waals surface area contributed by atoms with Gasteiger partial charge in [-0.1, -0.05) is 6.92 Å². The van der Waals surface area contributed by atoms with Gasteiger partial charge >= 0.3 is 12.4 Å². The number of likely N-dealkylation sites (tertiary alicyclic amines) is 1. The van der Waals surface area contributed by atoms with Crippen molar-refractivity contribution < 1.29 is 35.9 Å². The Morgan fingerprint density at radius 3 is 2.00 bits per heavy atom. The van der Waals surface area contributed by atoms with Gasteiger partial charge in [0.2, 0.25) is 11.8 Å². The third kappa shape index (κ3) is 5.50. The number of amides is 2. The van der Waals surface area contributed by atoms with E-state index in [-0.39, 0.29) is 30.5 Å². The largest absolute Gasteiger partial charge is 0.416 e.